The Bertz CT molecular complexity index is 770. The van der Waals surface area contributed by atoms with Crippen LogP contribution in [0.3, 0.4) is 0 Å². The van der Waals surface area contributed by atoms with Crippen molar-refractivity contribution in [2.45, 2.75) is 31.7 Å². The SMILES string of the molecule is CN(C(=O)c1ccc2c(c1)CCCO2)C1CCN(c2ccncc2)CC1. The second kappa shape index (κ2) is 7.36. The van der Waals surface area contributed by atoms with Gasteiger partial charge in [0.05, 0.1) is 6.61 Å². The molecule has 2 aromatic rings. The Morgan fingerprint density at radius 2 is 1.96 bits per heavy atom. The van der Waals surface area contributed by atoms with Crippen molar-refractivity contribution in [2.75, 3.05) is 31.6 Å². The van der Waals surface area contributed by atoms with Crippen LogP contribution < -0.4 is 9.64 Å². The summed E-state index contributed by atoms with van der Waals surface area (Å²) in [6, 6.07) is 10.2. The van der Waals surface area contributed by atoms with Crippen molar-refractivity contribution in [3.05, 3.63) is 53.9 Å². The van der Waals surface area contributed by atoms with E-state index in [2.05, 4.69) is 9.88 Å². The zero-order valence-corrected chi connectivity index (χ0v) is 15.2. The van der Waals surface area contributed by atoms with Crippen molar-refractivity contribution in [1.82, 2.24) is 9.88 Å². The van der Waals surface area contributed by atoms with E-state index in [1.54, 1.807) is 0 Å². The minimum atomic E-state index is 0.112. The van der Waals surface area contributed by atoms with Crippen molar-refractivity contribution < 1.29 is 9.53 Å². The molecule has 0 N–H and O–H groups in total. The number of amides is 1. The number of piperidine rings is 1. The van der Waals surface area contributed by atoms with E-state index in [0.717, 1.165) is 62.3 Å². The summed E-state index contributed by atoms with van der Waals surface area (Å²) in [6.07, 6.45) is 7.64. The van der Waals surface area contributed by atoms with Gasteiger partial charge in [0, 0.05) is 49.8 Å². The number of aromatic nitrogens is 1. The van der Waals surface area contributed by atoms with E-state index >= 15 is 0 Å². The first-order chi connectivity index (χ1) is 12.7. The largest absolute Gasteiger partial charge is 0.493 e. The van der Waals surface area contributed by atoms with E-state index in [-0.39, 0.29) is 11.9 Å². The van der Waals surface area contributed by atoms with Crippen LogP contribution in [0.15, 0.2) is 42.7 Å². The lowest BCUT2D eigenvalue weighted by molar-refractivity contribution is 0.0709. The van der Waals surface area contributed by atoms with Crippen molar-refractivity contribution in [3.63, 3.8) is 0 Å². The van der Waals surface area contributed by atoms with Crippen LogP contribution in [0.1, 0.15) is 35.2 Å². The van der Waals surface area contributed by atoms with Crippen molar-refractivity contribution in [2.24, 2.45) is 0 Å². The molecule has 0 spiro atoms. The fraction of sp³-hybridized carbons (Fsp3) is 0.429. The highest BCUT2D eigenvalue weighted by molar-refractivity contribution is 5.94. The molecule has 0 unspecified atom stereocenters. The van der Waals surface area contributed by atoms with Crippen LogP contribution in [0.25, 0.3) is 0 Å². The fourth-order valence-electron chi connectivity index (χ4n) is 3.93. The normalized spacial score (nSPS) is 17.3. The van der Waals surface area contributed by atoms with E-state index < -0.39 is 0 Å². The van der Waals surface area contributed by atoms with Gasteiger partial charge in [0.2, 0.25) is 0 Å². The Balaban J connectivity index is 1.40. The molecular formula is C21H25N3O2. The Kier molecular flexibility index (Phi) is 4.78. The van der Waals surface area contributed by atoms with Gasteiger partial charge in [-0.15, -0.1) is 0 Å². The highest BCUT2D eigenvalue weighted by atomic mass is 16.5. The van der Waals surface area contributed by atoms with E-state index in [1.807, 2.05) is 54.7 Å². The number of fused-ring (bicyclic) bond motifs is 1. The topological polar surface area (TPSA) is 45.7 Å². The minimum Gasteiger partial charge on any atom is -0.493 e. The van der Waals surface area contributed by atoms with E-state index in [4.69, 9.17) is 4.74 Å². The van der Waals surface area contributed by atoms with Gasteiger partial charge in [0.15, 0.2) is 0 Å². The molecule has 2 aliphatic heterocycles. The van der Waals surface area contributed by atoms with Gasteiger partial charge in [-0.1, -0.05) is 0 Å². The van der Waals surface area contributed by atoms with E-state index in [1.165, 1.54) is 5.69 Å². The van der Waals surface area contributed by atoms with Crippen LogP contribution in [0.4, 0.5) is 5.69 Å². The number of rotatable bonds is 3. The molecule has 1 amide bonds. The Morgan fingerprint density at radius 3 is 2.73 bits per heavy atom. The monoisotopic (exact) mass is 351 g/mol. The quantitative estimate of drug-likeness (QED) is 0.852. The average molecular weight is 351 g/mol. The van der Waals surface area contributed by atoms with Crippen LogP contribution >= 0.6 is 0 Å². The summed E-state index contributed by atoms with van der Waals surface area (Å²) in [5.41, 5.74) is 3.14. The minimum absolute atomic E-state index is 0.112. The number of anilines is 1. The lowest BCUT2D eigenvalue weighted by Gasteiger charge is -2.38. The number of hydrogen-bond donors (Lipinski definition) is 0. The predicted molar refractivity (Wildman–Crippen MR) is 102 cm³/mol. The third-order valence-electron chi connectivity index (χ3n) is 5.52. The van der Waals surface area contributed by atoms with Crippen LogP contribution in [-0.4, -0.2) is 48.6 Å². The summed E-state index contributed by atoms with van der Waals surface area (Å²) in [5, 5.41) is 0. The number of ether oxygens (including phenoxy) is 1. The Hall–Kier alpha value is -2.56. The first-order valence-corrected chi connectivity index (χ1v) is 9.40. The summed E-state index contributed by atoms with van der Waals surface area (Å²) in [6.45, 7) is 2.70. The van der Waals surface area contributed by atoms with Crippen LogP contribution in [0.5, 0.6) is 5.75 Å². The highest BCUT2D eigenvalue weighted by Crippen LogP contribution is 2.27. The van der Waals surface area contributed by atoms with Crippen LogP contribution in [-0.2, 0) is 6.42 Å². The van der Waals surface area contributed by atoms with Gasteiger partial charge in [0.1, 0.15) is 5.75 Å². The smallest absolute Gasteiger partial charge is 0.253 e. The van der Waals surface area contributed by atoms with Gasteiger partial charge >= 0.3 is 0 Å². The first kappa shape index (κ1) is 16.9. The molecule has 1 aromatic carbocycles. The average Bonchev–Trinajstić information content (AvgIpc) is 2.73. The maximum atomic E-state index is 12.9. The molecule has 3 heterocycles. The van der Waals surface area contributed by atoms with Gasteiger partial charge in [-0.3, -0.25) is 9.78 Å². The lowest BCUT2D eigenvalue weighted by Crippen LogP contribution is -2.45. The molecule has 136 valence electrons. The zero-order chi connectivity index (χ0) is 17.9. The number of pyridine rings is 1. The molecule has 0 radical (unpaired) electrons. The standard InChI is InChI=1S/C21H25N3O2/c1-23(18-8-12-24(13-9-18)19-6-10-22-11-7-19)21(25)17-4-5-20-16(15-17)3-2-14-26-20/h4-7,10-11,15,18H,2-3,8-9,12-14H2,1H3. The molecular weight excluding hydrogens is 326 g/mol. The molecule has 1 fully saturated rings. The maximum absolute atomic E-state index is 12.9. The fourth-order valence-corrected chi connectivity index (χ4v) is 3.93. The molecule has 2 aliphatic rings. The summed E-state index contributed by atoms with van der Waals surface area (Å²) in [7, 11) is 1.94. The molecule has 0 atom stereocenters. The van der Waals surface area contributed by atoms with Gasteiger partial charge in [0.25, 0.3) is 5.91 Å². The van der Waals surface area contributed by atoms with Gasteiger partial charge in [-0.2, -0.15) is 0 Å². The van der Waals surface area contributed by atoms with Crippen molar-refractivity contribution in [3.8, 4) is 5.75 Å². The molecule has 0 aliphatic carbocycles. The molecule has 0 bridgehead atoms. The second-order valence-corrected chi connectivity index (χ2v) is 7.11. The number of hydrogen-bond acceptors (Lipinski definition) is 4. The maximum Gasteiger partial charge on any atom is 0.253 e. The Labute approximate surface area is 154 Å². The number of carbonyl (C=O) groups is 1. The summed E-state index contributed by atoms with van der Waals surface area (Å²) < 4.78 is 5.65. The van der Waals surface area contributed by atoms with Gasteiger partial charge in [-0.25, -0.2) is 0 Å². The van der Waals surface area contributed by atoms with E-state index in [0.29, 0.717) is 0 Å². The summed E-state index contributed by atoms with van der Waals surface area (Å²) >= 11 is 0. The summed E-state index contributed by atoms with van der Waals surface area (Å²) in [4.78, 5) is 21.3. The van der Waals surface area contributed by atoms with Gasteiger partial charge < -0.3 is 14.5 Å². The first-order valence-electron chi connectivity index (χ1n) is 9.40. The Morgan fingerprint density at radius 1 is 1.19 bits per heavy atom. The second-order valence-electron chi connectivity index (χ2n) is 7.11. The van der Waals surface area contributed by atoms with Crippen LogP contribution in [0.2, 0.25) is 0 Å². The summed E-state index contributed by atoms with van der Waals surface area (Å²) in [5.74, 6) is 1.04. The third kappa shape index (κ3) is 3.39. The van der Waals surface area contributed by atoms with Crippen LogP contribution in [0, 0.1) is 0 Å². The molecule has 5 heteroatoms. The number of nitrogens with zero attached hydrogens (tertiary/aromatic N) is 3. The van der Waals surface area contributed by atoms with E-state index in [9.17, 15) is 4.79 Å². The highest BCUT2D eigenvalue weighted by Gasteiger charge is 2.26. The van der Waals surface area contributed by atoms with Crippen molar-refractivity contribution >= 4 is 11.6 Å². The molecule has 5 nitrogen and oxygen atoms in total. The van der Waals surface area contributed by atoms with Crippen molar-refractivity contribution in [1.29, 1.82) is 0 Å². The number of carbonyl (C=O) groups excluding carboxylic acids is 1. The molecule has 1 saturated heterocycles. The molecule has 0 saturated carbocycles. The molecule has 1 aromatic heterocycles. The number of benzene rings is 1. The predicted octanol–water partition coefficient (Wildman–Crippen LogP) is 3.15. The lowest BCUT2D eigenvalue weighted by atomic mass is 10.00. The zero-order valence-electron chi connectivity index (χ0n) is 15.2. The molecule has 26 heavy (non-hydrogen) atoms. The van der Waals surface area contributed by atoms with Gasteiger partial charge in [-0.05, 0) is 61.6 Å². The third-order valence-corrected chi connectivity index (χ3v) is 5.52. The number of aryl methyl sites for hydroxylation is 1. The molecule has 4 rings (SSSR count).